The van der Waals surface area contributed by atoms with E-state index in [1.165, 1.54) is 16.1 Å². The first-order valence-corrected chi connectivity index (χ1v) is 14.0. The summed E-state index contributed by atoms with van der Waals surface area (Å²) in [7, 11) is -2.24. The Morgan fingerprint density at radius 1 is 1.03 bits per heavy atom. The Bertz CT molecular complexity index is 1670. The van der Waals surface area contributed by atoms with E-state index in [0.29, 0.717) is 60.3 Å². The van der Waals surface area contributed by atoms with Gasteiger partial charge in [0, 0.05) is 42.7 Å². The number of allylic oxidation sites excluding steroid dienone is 1. The molecule has 196 valence electrons. The quantitative estimate of drug-likeness (QED) is 0.352. The van der Waals surface area contributed by atoms with Gasteiger partial charge in [0.05, 0.1) is 23.8 Å². The van der Waals surface area contributed by atoms with Crippen LogP contribution in [0.4, 0.5) is 10.1 Å². The number of hydrogen-bond donors (Lipinski definition) is 1. The highest BCUT2D eigenvalue weighted by Gasteiger charge is 2.39. The summed E-state index contributed by atoms with van der Waals surface area (Å²) < 4.78 is 55.7. The number of hydrogen-bond acceptors (Lipinski definition) is 6. The van der Waals surface area contributed by atoms with Gasteiger partial charge in [0.15, 0.2) is 11.4 Å². The molecule has 1 aliphatic heterocycles. The summed E-state index contributed by atoms with van der Waals surface area (Å²) >= 11 is 0. The average molecular weight is 534 g/mol. The van der Waals surface area contributed by atoms with Crippen molar-refractivity contribution in [2.24, 2.45) is 0 Å². The van der Waals surface area contributed by atoms with Gasteiger partial charge in [-0.2, -0.15) is 0 Å². The summed E-state index contributed by atoms with van der Waals surface area (Å²) in [5.74, 6) is -1.02. The third-order valence-corrected chi connectivity index (χ3v) is 9.06. The smallest absolute Gasteiger partial charge is 0.269 e. The molecule has 1 spiro atoms. The predicted octanol–water partition coefficient (Wildman–Crippen LogP) is 5.74. The lowest BCUT2D eigenvalue weighted by Crippen LogP contribution is -2.31. The van der Waals surface area contributed by atoms with Crippen molar-refractivity contribution in [2.45, 2.75) is 36.9 Å². The van der Waals surface area contributed by atoms with Crippen molar-refractivity contribution in [3.05, 3.63) is 83.9 Å². The molecule has 4 aromatic rings. The number of fused-ring (bicyclic) bond motifs is 1. The van der Waals surface area contributed by atoms with Gasteiger partial charge in [0.25, 0.3) is 10.0 Å². The zero-order valence-electron chi connectivity index (χ0n) is 21.2. The second-order valence-electron chi connectivity index (χ2n) is 9.69. The number of halogens is 1. The summed E-state index contributed by atoms with van der Waals surface area (Å²) in [4.78, 5) is 4.71. The summed E-state index contributed by atoms with van der Waals surface area (Å²) in [5, 5.41) is 3.73. The fourth-order valence-electron chi connectivity index (χ4n) is 5.35. The van der Waals surface area contributed by atoms with Crippen LogP contribution >= 0.6 is 0 Å². The van der Waals surface area contributed by atoms with E-state index in [1.807, 2.05) is 19.1 Å². The van der Waals surface area contributed by atoms with Gasteiger partial charge in [0.1, 0.15) is 5.82 Å². The summed E-state index contributed by atoms with van der Waals surface area (Å²) in [5.41, 5.74) is 4.71. The fourth-order valence-corrected chi connectivity index (χ4v) is 6.84. The maximum absolute atomic E-state index is 14.4. The summed E-state index contributed by atoms with van der Waals surface area (Å²) in [6, 6.07) is 14.9. The maximum atomic E-state index is 14.4. The Hall–Kier alpha value is -3.53. The second-order valence-corrected chi connectivity index (χ2v) is 11.5. The highest BCUT2D eigenvalue weighted by Crippen LogP contribution is 2.42. The molecule has 1 fully saturated rings. The molecule has 7 nitrogen and oxygen atoms in total. The molecule has 1 N–H and O–H groups in total. The molecule has 9 heteroatoms. The highest BCUT2D eigenvalue weighted by atomic mass is 32.2. The number of anilines is 1. The molecule has 0 atom stereocenters. The molecule has 2 aromatic heterocycles. The zero-order chi connectivity index (χ0) is 26.5. The Morgan fingerprint density at radius 2 is 1.79 bits per heavy atom. The van der Waals surface area contributed by atoms with Crippen LogP contribution in [0.2, 0.25) is 0 Å². The van der Waals surface area contributed by atoms with Crippen LogP contribution in [0.1, 0.15) is 30.5 Å². The molecule has 3 heterocycles. The number of nitrogens with zero attached hydrogens (tertiary/aromatic N) is 2. The first-order valence-electron chi connectivity index (χ1n) is 12.6. The van der Waals surface area contributed by atoms with Crippen LogP contribution in [0, 0.1) is 12.7 Å². The third-order valence-electron chi connectivity index (χ3n) is 7.34. The number of pyridine rings is 1. The Labute approximate surface area is 221 Å². The molecule has 6 rings (SSSR count). The molecule has 0 unspecified atom stereocenters. The van der Waals surface area contributed by atoms with E-state index in [2.05, 4.69) is 10.3 Å². The summed E-state index contributed by atoms with van der Waals surface area (Å²) in [6.07, 6.45) is 5.31. The van der Waals surface area contributed by atoms with Crippen LogP contribution in [0.5, 0.6) is 0 Å². The SMILES string of the molecule is CNc1ccc(F)cc1-c1ccnc2c1cc(C1=CCC3(CC1)OCCO3)n2S(=O)(=O)c1ccc(C)cc1. The van der Waals surface area contributed by atoms with Crippen molar-refractivity contribution < 1.29 is 22.3 Å². The molecule has 0 radical (unpaired) electrons. The topological polar surface area (TPSA) is 82.5 Å². The zero-order valence-corrected chi connectivity index (χ0v) is 22.0. The van der Waals surface area contributed by atoms with Crippen LogP contribution in [-0.2, 0) is 19.5 Å². The van der Waals surface area contributed by atoms with Crippen molar-refractivity contribution >= 4 is 32.3 Å². The number of aryl methyl sites for hydroxylation is 1. The Balaban J connectivity index is 1.60. The van der Waals surface area contributed by atoms with E-state index >= 15 is 0 Å². The first-order chi connectivity index (χ1) is 18.3. The minimum Gasteiger partial charge on any atom is -0.388 e. The van der Waals surface area contributed by atoms with Gasteiger partial charge in [0.2, 0.25) is 0 Å². The van der Waals surface area contributed by atoms with E-state index in [4.69, 9.17) is 9.47 Å². The number of ether oxygens (including phenoxy) is 2. The number of rotatable bonds is 5. The van der Waals surface area contributed by atoms with Crippen LogP contribution in [0.3, 0.4) is 0 Å². The predicted molar refractivity (Wildman–Crippen MR) is 145 cm³/mol. The van der Waals surface area contributed by atoms with Crippen molar-refractivity contribution in [1.29, 1.82) is 0 Å². The summed E-state index contributed by atoms with van der Waals surface area (Å²) in [6.45, 7) is 3.02. The lowest BCUT2D eigenvalue weighted by atomic mass is 9.92. The van der Waals surface area contributed by atoms with E-state index in [1.54, 1.807) is 49.6 Å². The van der Waals surface area contributed by atoms with Gasteiger partial charge < -0.3 is 14.8 Å². The fraction of sp³-hybridized carbons (Fsp3) is 0.276. The van der Waals surface area contributed by atoms with Gasteiger partial charge >= 0.3 is 0 Å². The number of nitrogens with one attached hydrogen (secondary N) is 1. The van der Waals surface area contributed by atoms with Gasteiger partial charge in [-0.25, -0.2) is 21.8 Å². The molecular weight excluding hydrogens is 505 g/mol. The van der Waals surface area contributed by atoms with Crippen molar-refractivity contribution in [3.63, 3.8) is 0 Å². The van der Waals surface area contributed by atoms with E-state index < -0.39 is 15.8 Å². The number of aromatic nitrogens is 2. The van der Waals surface area contributed by atoms with Crippen molar-refractivity contribution in [1.82, 2.24) is 8.96 Å². The lowest BCUT2D eigenvalue weighted by molar-refractivity contribution is -0.159. The minimum absolute atomic E-state index is 0.172. The molecule has 0 amide bonds. The molecule has 1 aliphatic carbocycles. The van der Waals surface area contributed by atoms with Crippen LogP contribution in [0.25, 0.3) is 27.7 Å². The van der Waals surface area contributed by atoms with E-state index in [0.717, 1.165) is 16.8 Å². The molecule has 2 aromatic carbocycles. The Kier molecular flexibility index (Phi) is 6.09. The van der Waals surface area contributed by atoms with Crippen LogP contribution in [0.15, 0.2) is 71.8 Å². The standard InChI is InChI=1S/C29H28FN3O4S/c1-19-3-6-22(7-4-19)38(34,35)33-27(20-9-12-29(13-10-20)36-15-16-37-29)18-25-23(11-14-32-28(25)33)24-17-21(30)5-8-26(24)31-2/h3-9,11,14,17-18,31H,10,12-13,15-16H2,1-2H3. The molecule has 38 heavy (non-hydrogen) atoms. The van der Waals surface area contributed by atoms with Gasteiger partial charge in [-0.1, -0.05) is 23.8 Å². The largest absolute Gasteiger partial charge is 0.388 e. The lowest BCUT2D eigenvalue weighted by Gasteiger charge is -2.30. The molecular formula is C29H28FN3O4S. The van der Waals surface area contributed by atoms with Crippen LogP contribution < -0.4 is 5.32 Å². The second kappa shape index (κ2) is 9.34. The average Bonchev–Trinajstić information content (AvgIpc) is 3.54. The van der Waals surface area contributed by atoms with E-state index in [-0.39, 0.29) is 10.7 Å². The number of benzene rings is 2. The van der Waals surface area contributed by atoms with Gasteiger partial charge in [-0.3, -0.25) is 0 Å². The maximum Gasteiger partial charge on any atom is 0.269 e. The minimum atomic E-state index is -4.01. The van der Waals surface area contributed by atoms with E-state index in [9.17, 15) is 12.8 Å². The normalized spacial score (nSPS) is 17.2. The van der Waals surface area contributed by atoms with Crippen molar-refractivity contribution in [2.75, 3.05) is 25.6 Å². The first kappa shape index (κ1) is 24.8. The van der Waals surface area contributed by atoms with Crippen molar-refractivity contribution in [3.8, 4) is 11.1 Å². The molecule has 0 bridgehead atoms. The third kappa shape index (κ3) is 4.11. The monoisotopic (exact) mass is 533 g/mol. The molecule has 0 saturated carbocycles. The Morgan fingerprint density at radius 3 is 2.47 bits per heavy atom. The van der Waals surface area contributed by atoms with Gasteiger partial charge in [-0.15, -0.1) is 0 Å². The molecule has 1 saturated heterocycles. The molecule has 2 aliphatic rings. The van der Waals surface area contributed by atoms with Crippen LogP contribution in [-0.4, -0.2) is 43.4 Å². The van der Waals surface area contributed by atoms with Gasteiger partial charge in [-0.05, 0) is 66.9 Å². The highest BCUT2D eigenvalue weighted by molar-refractivity contribution is 7.90.